The van der Waals surface area contributed by atoms with Gasteiger partial charge in [0, 0.05) is 99.3 Å². The summed E-state index contributed by atoms with van der Waals surface area (Å²) < 4.78 is 20.1. The zero-order chi connectivity index (χ0) is 50.7. The fourth-order valence-electron chi connectivity index (χ4n) is 11.1. The van der Waals surface area contributed by atoms with E-state index in [4.69, 9.17) is 9.51 Å². The van der Waals surface area contributed by atoms with Gasteiger partial charge in [0.15, 0.2) is 5.82 Å². The summed E-state index contributed by atoms with van der Waals surface area (Å²) in [7, 11) is -3.08. The van der Waals surface area contributed by atoms with Crippen molar-refractivity contribution < 1.29 is 33.6 Å². The highest BCUT2D eigenvalue weighted by molar-refractivity contribution is 7.46. The minimum atomic E-state index is -4.71. The van der Waals surface area contributed by atoms with Gasteiger partial charge in [-0.2, -0.15) is 0 Å². The Kier molecular flexibility index (Phi) is 13.4. The predicted molar refractivity (Wildman–Crippen MR) is 273 cm³/mol. The molecule has 1 aliphatic carbocycles. The SMILES string of the molecule is C=CC(=O)Nc1cc(Nc2nc(-c3ccnc(N4CCn5c(cc6c5CC(C)(C)C6)C4=O)c3CO)cn(C)c2=O)ccc1N1CCN(C2CCN(c3ccc(C(C)(C)OP(=O)(O)O)nc3)[C@H](C)C2)C[C@@H]1C. The number of hydrogen-bond acceptors (Lipinski definition) is 13. The van der Waals surface area contributed by atoms with Crippen molar-refractivity contribution in [1.29, 1.82) is 0 Å². The molecule has 0 radical (unpaired) electrons. The first-order valence-corrected chi connectivity index (χ1v) is 25.7. The van der Waals surface area contributed by atoms with Crippen LogP contribution in [-0.4, -0.2) is 107 Å². The number of phosphoric ester groups is 1. The Hall–Kier alpha value is -6.21. The van der Waals surface area contributed by atoms with Crippen molar-refractivity contribution >= 4 is 54.0 Å². The zero-order valence-electron chi connectivity index (χ0n) is 41.4. The van der Waals surface area contributed by atoms with Crippen LogP contribution in [0.5, 0.6) is 0 Å². The molecule has 376 valence electrons. The molecule has 20 heteroatoms. The monoisotopic (exact) mass is 989 g/mol. The van der Waals surface area contributed by atoms with Gasteiger partial charge in [0.2, 0.25) is 5.91 Å². The maximum atomic E-state index is 14.1. The summed E-state index contributed by atoms with van der Waals surface area (Å²) in [4.78, 5) is 82.1. The fourth-order valence-corrected chi connectivity index (χ4v) is 11.8. The van der Waals surface area contributed by atoms with Gasteiger partial charge in [-0.1, -0.05) is 20.4 Å². The second kappa shape index (κ2) is 19.1. The molecule has 5 N–H and O–H groups in total. The highest BCUT2D eigenvalue weighted by Crippen LogP contribution is 2.45. The van der Waals surface area contributed by atoms with Gasteiger partial charge < -0.3 is 44.5 Å². The van der Waals surface area contributed by atoms with E-state index < -0.39 is 25.6 Å². The molecule has 5 aromatic rings. The Bertz CT molecular complexity index is 3000. The lowest BCUT2D eigenvalue weighted by Gasteiger charge is -2.48. The third kappa shape index (κ3) is 10.0. The first kappa shape index (κ1) is 49.8. The van der Waals surface area contributed by atoms with E-state index in [-0.39, 0.29) is 35.1 Å². The number of benzene rings is 1. The highest BCUT2D eigenvalue weighted by Gasteiger charge is 2.39. The number of carbonyl (C=O) groups is 2. The first-order valence-electron chi connectivity index (χ1n) is 24.2. The number of fused-ring (bicyclic) bond motifs is 3. The fraction of sp³-hybridized carbons (Fsp3) is 0.451. The Balaban J connectivity index is 0.897. The van der Waals surface area contributed by atoms with Crippen molar-refractivity contribution in [2.45, 2.75) is 104 Å². The Morgan fingerprint density at radius 3 is 2.48 bits per heavy atom. The summed E-state index contributed by atoms with van der Waals surface area (Å²) in [5.41, 5.74) is 6.13. The van der Waals surface area contributed by atoms with E-state index >= 15 is 0 Å². The van der Waals surface area contributed by atoms with Crippen LogP contribution < -0.4 is 30.9 Å². The van der Waals surface area contributed by atoms with Crippen molar-refractivity contribution in [2.75, 3.05) is 58.1 Å². The second-order valence-electron chi connectivity index (χ2n) is 20.6. The number of nitrogens with zero attached hydrogens (tertiary/aromatic N) is 9. The number of pyridine rings is 2. The molecular weight excluding hydrogens is 926 g/mol. The van der Waals surface area contributed by atoms with Crippen molar-refractivity contribution in [3.63, 3.8) is 0 Å². The van der Waals surface area contributed by atoms with Crippen molar-refractivity contribution in [1.82, 2.24) is 29.0 Å². The normalized spacial score (nSPS) is 20.5. The lowest BCUT2D eigenvalue weighted by atomic mass is 9.90. The Morgan fingerprint density at radius 2 is 1.79 bits per heavy atom. The molecule has 4 aromatic heterocycles. The van der Waals surface area contributed by atoms with Gasteiger partial charge in [0.1, 0.15) is 17.1 Å². The Labute approximate surface area is 413 Å². The minimum Gasteiger partial charge on any atom is -0.392 e. The summed E-state index contributed by atoms with van der Waals surface area (Å²) in [6.07, 6.45) is 9.86. The third-order valence-electron chi connectivity index (χ3n) is 14.5. The number of aliphatic hydroxyl groups excluding tert-OH is 1. The summed E-state index contributed by atoms with van der Waals surface area (Å²) in [6, 6.07) is 13.6. The van der Waals surface area contributed by atoms with Crippen LogP contribution in [0.25, 0.3) is 11.3 Å². The number of hydrogen-bond donors (Lipinski definition) is 5. The summed E-state index contributed by atoms with van der Waals surface area (Å²) >= 11 is 0. The minimum absolute atomic E-state index is 0.0255. The van der Waals surface area contributed by atoms with Crippen LogP contribution in [-0.2, 0) is 52.5 Å². The van der Waals surface area contributed by atoms with Crippen LogP contribution in [0.15, 0.2) is 78.5 Å². The molecule has 1 aromatic carbocycles. The molecule has 9 rings (SSSR count). The summed E-state index contributed by atoms with van der Waals surface area (Å²) in [5.74, 6) is -0.184. The first-order chi connectivity index (χ1) is 33.6. The quantitative estimate of drug-likeness (QED) is 0.0665. The zero-order valence-corrected chi connectivity index (χ0v) is 42.3. The number of carbonyl (C=O) groups excluding carboxylic acids is 2. The molecule has 3 atom stereocenters. The molecule has 1 unspecified atom stereocenters. The molecule has 0 bridgehead atoms. The number of anilines is 6. The molecule has 2 amide bonds. The Morgan fingerprint density at radius 1 is 1.00 bits per heavy atom. The van der Waals surface area contributed by atoms with Crippen LogP contribution in [0.2, 0.25) is 0 Å². The van der Waals surface area contributed by atoms with Gasteiger partial charge in [0.25, 0.3) is 11.5 Å². The number of aliphatic hydroxyl groups is 1. The number of piperazine rings is 1. The van der Waals surface area contributed by atoms with Crippen LogP contribution in [0.4, 0.5) is 34.4 Å². The molecule has 19 nitrogen and oxygen atoms in total. The van der Waals surface area contributed by atoms with E-state index in [9.17, 15) is 33.8 Å². The van der Waals surface area contributed by atoms with Crippen LogP contribution in [0.1, 0.15) is 87.4 Å². The van der Waals surface area contributed by atoms with Gasteiger partial charge in [-0.25, -0.2) is 14.5 Å². The number of phosphoric acid groups is 1. The lowest BCUT2D eigenvalue weighted by molar-refractivity contribution is -0.111. The van der Waals surface area contributed by atoms with E-state index in [0.717, 1.165) is 56.7 Å². The van der Waals surface area contributed by atoms with E-state index in [0.29, 0.717) is 71.1 Å². The van der Waals surface area contributed by atoms with Gasteiger partial charge >= 0.3 is 7.82 Å². The van der Waals surface area contributed by atoms with Crippen LogP contribution in [0, 0.1) is 5.41 Å². The second-order valence-corrected chi connectivity index (χ2v) is 21.8. The highest BCUT2D eigenvalue weighted by atomic mass is 31.2. The van der Waals surface area contributed by atoms with E-state index in [1.54, 1.807) is 62.6 Å². The van der Waals surface area contributed by atoms with Crippen LogP contribution in [0.3, 0.4) is 0 Å². The van der Waals surface area contributed by atoms with Crippen molar-refractivity contribution in [3.8, 4) is 11.3 Å². The number of piperidine rings is 1. The van der Waals surface area contributed by atoms with Crippen LogP contribution >= 0.6 is 7.82 Å². The van der Waals surface area contributed by atoms with E-state index in [1.807, 2.05) is 24.3 Å². The van der Waals surface area contributed by atoms with Gasteiger partial charge in [-0.15, -0.1) is 0 Å². The maximum absolute atomic E-state index is 14.1. The standard InChI is InChI=1S/C51H64N11O8P/c1-9-45(64)55-39-24-34(10-12-41(39)60-19-18-58(28-32(60)3)35-15-17-59(31(2)22-35)36-11-13-44(53-27-36)51(6,7)70-71(67,68)69)54-46-49(66)57(8)29-40(56-46)37-14-16-52-47(38(37)30-63)62-21-20-61-42(48(62)65)23-33-25-50(4,5)26-43(33)61/h9-14,16,23-24,27,29,31-32,35,63H,1,15,17-22,25-26,28,30H2,2-8H3,(H,54,56)(H,55,64)(H2,67,68,69)/t31-,32+,35?/m1/s1. The molecule has 71 heavy (non-hydrogen) atoms. The molecule has 4 aliphatic rings. The molecule has 2 saturated heterocycles. The van der Waals surface area contributed by atoms with E-state index in [2.05, 4.69) is 74.1 Å². The largest absolute Gasteiger partial charge is 0.470 e. The summed E-state index contributed by atoms with van der Waals surface area (Å²) in [5, 5.41) is 17.0. The molecule has 0 spiro atoms. The van der Waals surface area contributed by atoms with Gasteiger partial charge in [-0.3, -0.25) is 33.7 Å². The lowest BCUT2D eigenvalue weighted by Crippen LogP contribution is -2.58. The average Bonchev–Trinajstić information content (AvgIpc) is 3.81. The topological polar surface area (TPSA) is 224 Å². The number of amides is 2. The van der Waals surface area contributed by atoms with Gasteiger partial charge in [-0.05, 0) is 113 Å². The molecule has 2 fully saturated rings. The number of aryl methyl sites for hydroxylation is 1. The molecular formula is C51H64N11O8P. The number of aromatic nitrogens is 5. The van der Waals surface area contributed by atoms with E-state index in [1.165, 1.54) is 21.9 Å². The number of nitrogens with one attached hydrogen (secondary N) is 2. The predicted octanol–water partition coefficient (Wildman–Crippen LogP) is 6.10. The number of rotatable bonds is 13. The molecule has 3 aliphatic heterocycles. The maximum Gasteiger partial charge on any atom is 0.470 e. The molecule has 0 saturated carbocycles. The summed E-state index contributed by atoms with van der Waals surface area (Å²) in [6.45, 7) is 19.4. The van der Waals surface area contributed by atoms with Gasteiger partial charge in [0.05, 0.1) is 41.3 Å². The average molecular weight is 990 g/mol. The van der Waals surface area contributed by atoms with Crippen molar-refractivity contribution in [2.24, 2.45) is 12.5 Å². The third-order valence-corrected chi connectivity index (χ3v) is 15.2. The smallest absolute Gasteiger partial charge is 0.392 e. The van der Waals surface area contributed by atoms with Crippen molar-refractivity contribution in [3.05, 3.63) is 112 Å². The molecule has 7 heterocycles.